The average molecular weight is 464 g/mol. The molecule has 1 fully saturated rings. The number of likely N-dealkylation sites (N-methyl/N-ethyl adjacent to an activating group) is 1. The van der Waals surface area contributed by atoms with E-state index in [1.165, 1.54) is 0 Å². The third-order valence-electron chi connectivity index (χ3n) is 5.97. The van der Waals surface area contributed by atoms with Crippen molar-refractivity contribution in [3.63, 3.8) is 0 Å². The Labute approximate surface area is 200 Å². The molecule has 0 radical (unpaired) electrons. The molecule has 1 saturated heterocycles. The van der Waals surface area contributed by atoms with Crippen molar-refractivity contribution >= 4 is 17.5 Å². The van der Waals surface area contributed by atoms with Gasteiger partial charge in [0.1, 0.15) is 12.4 Å². The predicted octanol–water partition coefficient (Wildman–Crippen LogP) is 4.40. The monoisotopic (exact) mass is 463 g/mol. The molecule has 2 N–H and O–H groups in total. The van der Waals surface area contributed by atoms with Crippen LogP contribution in [-0.4, -0.2) is 36.5 Å². The highest BCUT2D eigenvalue weighted by Crippen LogP contribution is 2.23. The molecular formula is C27H30ClN3O2. The van der Waals surface area contributed by atoms with Crippen LogP contribution < -0.4 is 15.4 Å². The van der Waals surface area contributed by atoms with Crippen LogP contribution in [-0.2, 0) is 24.5 Å². The lowest BCUT2D eigenvalue weighted by atomic mass is 10.1. The second-order valence-electron chi connectivity index (χ2n) is 8.42. The minimum absolute atomic E-state index is 0.0534. The van der Waals surface area contributed by atoms with Gasteiger partial charge in [-0.2, -0.15) is 0 Å². The summed E-state index contributed by atoms with van der Waals surface area (Å²) in [5.74, 6) is 0.910. The summed E-state index contributed by atoms with van der Waals surface area (Å²) in [6, 6.07) is 26.2. The number of hydrogen-bond donors (Lipinski definition) is 2. The lowest BCUT2D eigenvalue weighted by molar-refractivity contribution is -0.125. The van der Waals surface area contributed by atoms with Gasteiger partial charge >= 0.3 is 0 Å². The molecule has 5 nitrogen and oxygen atoms in total. The minimum atomic E-state index is -0.160. The number of carbonyl (C=O) groups excluding carboxylic acids is 1. The van der Waals surface area contributed by atoms with Gasteiger partial charge in [0.25, 0.3) is 0 Å². The van der Waals surface area contributed by atoms with Crippen LogP contribution in [0.25, 0.3) is 0 Å². The highest BCUT2D eigenvalue weighted by atomic mass is 35.5. The average Bonchev–Trinajstić information content (AvgIpc) is 3.24. The van der Waals surface area contributed by atoms with Crippen LogP contribution in [0.1, 0.15) is 23.1 Å². The first-order valence-electron chi connectivity index (χ1n) is 11.3. The highest BCUT2D eigenvalue weighted by molar-refractivity contribution is 6.30. The van der Waals surface area contributed by atoms with E-state index in [0.717, 1.165) is 42.0 Å². The van der Waals surface area contributed by atoms with Crippen molar-refractivity contribution in [3.8, 4) is 5.75 Å². The van der Waals surface area contributed by atoms with Gasteiger partial charge in [0.05, 0.1) is 6.04 Å². The molecule has 3 aromatic rings. The fraction of sp³-hybridized carbons (Fsp3) is 0.296. The van der Waals surface area contributed by atoms with E-state index in [2.05, 4.69) is 45.9 Å². The lowest BCUT2D eigenvalue weighted by Crippen LogP contribution is -2.41. The maximum Gasteiger partial charge on any atom is 0.237 e. The van der Waals surface area contributed by atoms with Gasteiger partial charge in [0.15, 0.2) is 0 Å². The summed E-state index contributed by atoms with van der Waals surface area (Å²) in [7, 11) is 1.70. The molecule has 1 amide bonds. The van der Waals surface area contributed by atoms with E-state index >= 15 is 0 Å². The number of nitrogens with one attached hydrogen (secondary N) is 2. The van der Waals surface area contributed by atoms with E-state index in [1.54, 1.807) is 7.05 Å². The van der Waals surface area contributed by atoms with Gasteiger partial charge < -0.3 is 15.4 Å². The van der Waals surface area contributed by atoms with Crippen LogP contribution in [0.15, 0.2) is 78.9 Å². The van der Waals surface area contributed by atoms with E-state index in [1.807, 2.05) is 48.5 Å². The molecule has 0 bridgehead atoms. The predicted molar refractivity (Wildman–Crippen MR) is 132 cm³/mol. The van der Waals surface area contributed by atoms with Crippen molar-refractivity contribution in [3.05, 3.63) is 101 Å². The van der Waals surface area contributed by atoms with Crippen LogP contribution in [0, 0.1) is 0 Å². The standard InChI is InChI=1S/C27H30ClN3O2/c1-29-27(32)26-15-24(18-31(26)17-22-10-5-11-23(28)13-22)30-16-21-9-6-12-25(14-21)33-19-20-7-3-2-4-8-20/h2-14,24,26,30H,15-19H2,1H3,(H,29,32)/t24-,26-/m0/s1. The van der Waals surface area contributed by atoms with E-state index < -0.39 is 0 Å². The number of amides is 1. The maximum absolute atomic E-state index is 12.5. The molecule has 0 spiro atoms. The Morgan fingerprint density at radius 3 is 2.55 bits per heavy atom. The summed E-state index contributed by atoms with van der Waals surface area (Å²) >= 11 is 6.15. The van der Waals surface area contributed by atoms with Gasteiger partial charge in [-0.1, -0.05) is 66.2 Å². The van der Waals surface area contributed by atoms with E-state index in [9.17, 15) is 4.79 Å². The fourth-order valence-electron chi connectivity index (χ4n) is 4.28. The zero-order chi connectivity index (χ0) is 23.0. The van der Waals surface area contributed by atoms with Crippen LogP contribution in [0.5, 0.6) is 5.75 Å². The van der Waals surface area contributed by atoms with E-state index in [0.29, 0.717) is 18.2 Å². The summed E-state index contributed by atoms with van der Waals surface area (Å²) in [6.45, 7) is 2.76. The minimum Gasteiger partial charge on any atom is -0.489 e. The van der Waals surface area contributed by atoms with E-state index in [4.69, 9.17) is 16.3 Å². The molecule has 0 unspecified atom stereocenters. The van der Waals surface area contributed by atoms with Crippen LogP contribution >= 0.6 is 11.6 Å². The summed E-state index contributed by atoms with van der Waals surface area (Å²) in [6.07, 6.45) is 0.768. The van der Waals surface area contributed by atoms with Crippen molar-refractivity contribution < 1.29 is 9.53 Å². The Kier molecular flexibility index (Phi) is 8.00. The number of halogens is 1. The molecular weight excluding hydrogens is 434 g/mol. The third kappa shape index (κ3) is 6.57. The molecule has 1 aliphatic heterocycles. The van der Waals surface area contributed by atoms with Gasteiger partial charge in [-0.25, -0.2) is 0 Å². The second-order valence-corrected chi connectivity index (χ2v) is 8.86. The summed E-state index contributed by atoms with van der Waals surface area (Å²) in [5.41, 5.74) is 3.41. The molecule has 3 aromatic carbocycles. The smallest absolute Gasteiger partial charge is 0.237 e. The first-order valence-corrected chi connectivity index (χ1v) is 11.7. The Morgan fingerprint density at radius 2 is 1.76 bits per heavy atom. The molecule has 4 rings (SSSR count). The zero-order valence-corrected chi connectivity index (χ0v) is 19.6. The normalized spacial score (nSPS) is 18.2. The molecule has 0 aromatic heterocycles. The zero-order valence-electron chi connectivity index (χ0n) is 18.8. The Hall–Kier alpha value is -2.86. The van der Waals surface area contributed by atoms with Gasteiger partial charge in [0.2, 0.25) is 5.91 Å². The Morgan fingerprint density at radius 1 is 1.00 bits per heavy atom. The molecule has 2 atom stereocenters. The number of carbonyl (C=O) groups is 1. The first kappa shape index (κ1) is 23.3. The SMILES string of the molecule is CNC(=O)[C@@H]1C[C@H](NCc2cccc(OCc3ccccc3)c2)CN1Cc1cccc(Cl)c1. The molecule has 6 heteroatoms. The molecule has 0 aliphatic carbocycles. The highest BCUT2D eigenvalue weighted by Gasteiger charge is 2.36. The number of hydrogen-bond acceptors (Lipinski definition) is 4. The molecule has 1 aliphatic rings. The van der Waals surface area contributed by atoms with Crippen LogP contribution in [0.2, 0.25) is 5.02 Å². The van der Waals surface area contributed by atoms with E-state index in [-0.39, 0.29) is 18.0 Å². The van der Waals surface area contributed by atoms with Crippen LogP contribution in [0.4, 0.5) is 0 Å². The van der Waals surface area contributed by atoms with Gasteiger partial charge in [-0.3, -0.25) is 9.69 Å². The van der Waals surface area contributed by atoms with Gasteiger partial charge in [0, 0.05) is 37.7 Å². The summed E-state index contributed by atoms with van der Waals surface area (Å²) < 4.78 is 5.96. The van der Waals surface area contributed by atoms with Gasteiger partial charge in [-0.15, -0.1) is 0 Å². The maximum atomic E-state index is 12.5. The molecule has 0 saturated carbocycles. The molecule has 33 heavy (non-hydrogen) atoms. The van der Waals surface area contributed by atoms with Crippen molar-refractivity contribution in [2.24, 2.45) is 0 Å². The van der Waals surface area contributed by atoms with Gasteiger partial charge in [-0.05, 0) is 47.4 Å². The topological polar surface area (TPSA) is 53.6 Å². The lowest BCUT2D eigenvalue weighted by Gasteiger charge is -2.23. The number of benzene rings is 3. The largest absolute Gasteiger partial charge is 0.489 e. The first-order chi connectivity index (χ1) is 16.1. The number of rotatable bonds is 9. The van der Waals surface area contributed by atoms with Crippen LogP contribution in [0.3, 0.4) is 0 Å². The Bertz CT molecular complexity index is 1060. The van der Waals surface area contributed by atoms with Crippen molar-refractivity contribution in [1.29, 1.82) is 0 Å². The second kappa shape index (κ2) is 11.3. The fourth-order valence-corrected chi connectivity index (χ4v) is 4.50. The summed E-state index contributed by atoms with van der Waals surface area (Å²) in [4.78, 5) is 14.7. The van der Waals surface area contributed by atoms with Crippen molar-refractivity contribution in [2.75, 3.05) is 13.6 Å². The Balaban J connectivity index is 1.34. The molecule has 172 valence electrons. The van der Waals surface area contributed by atoms with Crippen molar-refractivity contribution in [1.82, 2.24) is 15.5 Å². The number of ether oxygens (including phenoxy) is 1. The van der Waals surface area contributed by atoms with Crippen molar-refractivity contribution in [2.45, 2.75) is 38.2 Å². The number of nitrogens with zero attached hydrogens (tertiary/aromatic N) is 1. The quantitative estimate of drug-likeness (QED) is 0.494. The third-order valence-corrected chi connectivity index (χ3v) is 6.20. The number of likely N-dealkylation sites (tertiary alicyclic amines) is 1. The summed E-state index contributed by atoms with van der Waals surface area (Å²) in [5, 5.41) is 7.16. The molecule has 1 heterocycles.